The fraction of sp³-hybridized carbons (Fsp3) is 0.533. The molecule has 2 aromatic carbocycles. The molecule has 0 bridgehead atoms. The van der Waals surface area contributed by atoms with Gasteiger partial charge in [-0.2, -0.15) is 0 Å². The van der Waals surface area contributed by atoms with Crippen molar-refractivity contribution >= 4 is 12.2 Å². The monoisotopic (exact) mass is 508 g/mol. The molecule has 37 heavy (non-hydrogen) atoms. The number of rotatable bonds is 8. The Bertz CT molecular complexity index is 1100. The zero-order valence-electron chi connectivity index (χ0n) is 23.4. The number of carbonyl (C=O) groups is 2. The minimum Gasteiger partial charge on any atom is -0.444 e. The lowest BCUT2D eigenvalue weighted by atomic mass is 9.90. The van der Waals surface area contributed by atoms with Gasteiger partial charge in [-0.1, -0.05) is 36.4 Å². The zero-order valence-corrected chi connectivity index (χ0v) is 23.4. The van der Waals surface area contributed by atoms with Crippen LogP contribution in [0, 0.1) is 27.7 Å². The predicted molar refractivity (Wildman–Crippen MR) is 142 cm³/mol. The van der Waals surface area contributed by atoms with E-state index in [1.807, 2.05) is 27.7 Å². The molecule has 2 aliphatic heterocycles. The molecule has 200 valence electrons. The van der Waals surface area contributed by atoms with Gasteiger partial charge in [0.15, 0.2) is 0 Å². The normalized spacial score (nSPS) is 20.4. The summed E-state index contributed by atoms with van der Waals surface area (Å²) in [5.74, 6) is 0. The molecule has 2 atom stereocenters. The lowest BCUT2D eigenvalue weighted by Gasteiger charge is -2.34. The zero-order chi connectivity index (χ0) is 27.1. The first kappa shape index (κ1) is 27.0. The van der Waals surface area contributed by atoms with Crippen LogP contribution in [0.3, 0.4) is 0 Å². The lowest BCUT2D eigenvalue weighted by Crippen LogP contribution is -2.43. The van der Waals surface area contributed by atoms with E-state index in [0.717, 1.165) is 11.1 Å². The van der Waals surface area contributed by atoms with Gasteiger partial charge in [0.1, 0.15) is 6.10 Å². The molecule has 2 saturated heterocycles. The van der Waals surface area contributed by atoms with Crippen molar-refractivity contribution in [3.8, 4) is 0 Å². The molecule has 0 spiro atoms. The Morgan fingerprint density at radius 3 is 1.76 bits per heavy atom. The van der Waals surface area contributed by atoms with Gasteiger partial charge in [0.05, 0.1) is 30.8 Å². The van der Waals surface area contributed by atoms with E-state index in [2.05, 4.69) is 64.1 Å². The largest absolute Gasteiger partial charge is 0.444 e. The van der Waals surface area contributed by atoms with E-state index in [4.69, 9.17) is 14.2 Å². The van der Waals surface area contributed by atoms with Gasteiger partial charge in [0, 0.05) is 6.42 Å². The fourth-order valence-electron chi connectivity index (χ4n) is 4.99. The Morgan fingerprint density at radius 2 is 1.24 bits per heavy atom. The second kappa shape index (κ2) is 10.0. The maximum absolute atomic E-state index is 12.7. The van der Waals surface area contributed by atoms with E-state index in [0.29, 0.717) is 26.1 Å². The van der Waals surface area contributed by atoms with Gasteiger partial charge in [-0.25, -0.2) is 9.59 Å². The molecule has 0 aromatic heterocycles. The summed E-state index contributed by atoms with van der Waals surface area (Å²) in [6, 6.07) is 12.6. The van der Waals surface area contributed by atoms with Crippen LogP contribution in [0.2, 0.25) is 0 Å². The number of hydrogen-bond acceptors (Lipinski definition) is 5. The molecule has 2 aliphatic rings. The molecule has 0 N–H and O–H groups in total. The summed E-state index contributed by atoms with van der Waals surface area (Å²) in [4.78, 5) is 28.9. The van der Waals surface area contributed by atoms with Crippen LogP contribution >= 0.6 is 0 Å². The van der Waals surface area contributed by atoms with Gasteiger partial charge in [0.2, 0.25) is 6.29 Å². The Morgan fingerprint density at radius 1 is 0.757 bits per heavy atom. The molecule has 0 saturated carbocycles. The minimum atomic E-state index is -0.654. The first-order valence-corrected chi connectivity index (χ1v) is 13.0. The molecule has 2 amide bonds. The highest BCUT2D eigenvalue weighted by molar-refractivity contribution is 5.72. The second-order valence-corrected chi connectivity index (χ2v) is 11.4. The van der Waals surface area contributed by atoms with Crippen molar-refractivity contribution in [2.75, 3.05) is 19.7 Å². The third-order valence-electron chi connectivity index (χ3n) is 8.18. The molecule has 2 heterocycles. The van der Waals surface area contributed by atoms with Crippen LogP contribution in [0.1, 0.15) is 67.5 Å². The molecule has 7 nitrogen and oxygen atoms in total. The third kappa shape index (κ3) is 5.33. The first-order valence-electron chi connectivity index (χ1n) is 13.0. The number of cyclic esters (lactones) is 2. The summed E-state index contributed by atoms with van der Waals surface area (Å²) in [5, 5.41) is 0. The molecule has 2 unspecified atom stereocenters. The number of aryl methyl sites for hydroxylation is 4. The Balaban J connectivity index is 1.32. The van der Waals surface area contributed by atoms with Gasteiger partial charge in [0.25, 0.3) is 0 Å². The minimum absolute atomic E-state index is 0.279. The predicted octanol–water partition coefficient (Wildman–Crippen LogP) is 6.10. The molecular formula is C30H40N2O5. The summed E-state index contributed by atoms with van der Waals surface area (Å²) in [6.07, 6.45) is -1.11. The van der Waals surface area contributed by atoms with E-state index in [-0.39, 0.29) is 18.3 Å². The number of amides is 2. The van der Waals surface area contributed by atoms with Gasteiger partial charge in [-0.15, -0.1) is 0 Å². The topological polar surface area (TPSA) is 68.3 Å². The van der Waals surface area contributed by atoms with Crippen LogP contribution < -0.4 is 0 Å². The Labute approximate surface area is 220 Å². The maximum Gasteiger partial charge on any atom is 0.413 e. The van der Waals surface area contributed by atoms with Crippen molar-refractivity contribution in [3.63, 3.8) is 0 Å². The second-order valence-electron chi connectivity index (χ2n) is 11.4. The van der Waals surface area contributed by atoms with Crippen LogP contribution in [0.5, 0.6) is 0 Å². The fourth-order valence-corrected chi connectivity index (χ4v) is 4.99. The maximum atomic E-state index is 12.7. The third-order valence-corrected chi connectivity index (χ3v) is 8.18. The number of ether oxygens (including phenoxy) is 3. The molecule has 2 fully saturated rings. The molecule has 4 rings (SSSR count). The first-order chi connectivity index (χ1) is 17.3. The number of nitrogens with zero attached hydrogens (tertiary/aromatic N) is 2. The molecule has 7 heteroatoms. The van der Waals surface area contributed by atoms with E-state index in [1.165, 1.54) is 22.3 Å². The summed E-state index contributed by atoms with van der Waals surface area (Å²) in [7, 11) is 0. The highest BCUT2D eigenvalue weighted by Gasteiger charge is 2.43. The highest BCUT2D eigenvalue weighted by atomic mass is 16.7. The highest BCUT2D eigenvalue weighted by Crippen LogP contribution is 2.35. The summed E-state index contributed by atoms with van der Waals surface area (Å²) in [6.45, 7) is 17.6. The van der Waals surface area contributed by atoms with Crippen LogP contribution in [-0.2, 0) is 25.3 Å². The van der Waals surface area contributed by atoms with Crippen LogP contribution in [-0.4, -0.2) is 54.1 Å². The van der Waals surface area contributed by atoms with E-state index in [1.54, 1.807) is 9.80 Å². The van der Waals surface area contributed by atoms with Gasteiger partial charge < -0.3 is 14.2 Å². The molecule has 0 aliphatic carbocycles. The summed E-state index contributed by atoms with van der Waals surface area (Å²) in [5.41, 5.74) is 5.93. The molecular weight excluding hydrogens is 468 g/mol. The van der Waals surface area contributed by atoms with Crippen molar-refractivity contribution in [1.29, 1.82) is 0 Å². The standard InChI is InChI=1S/C30H40N2O5/c1-19-9-11-23(15-21(19)3)29(5,6)31-17-25(36-27(31)33)13-14-35-26-18-32(28(34)37-26)30(7,8)24-12-10-20(2)22(4)16-24/h9-12,15-16,25-26H,13-14,17-18H2,1-8H3. The average molecular weight is 509 g/mol. The van der Waals surface area contributed by atoms with Crippen LogP contribution in [0.15, 0.2) is 36.4 Å². The number of hydrogen-bond donors (Lipinski definition) is 0. The Hall–Kier alpha value is -3.06. The molecule has 0 radical (unpaired) electrons. The summed E-state index contributed by atoms with van der Waals surface area (Å²) < 4.78 is 17.1. The van der Waals surface area contributed by atoms with Crippen molar-refractivity contribution in [2.45, 2.75) is 85.3 Å². The molecule has 2 aromatic rings. The van der Waals surface area contributed by atoms with Gasteiger partial charge in [-0.05, 0) is 88.8 Å². The lowest BCUT2D eigenvalue weighted by molar-refractivity contribution is -0.0821. The smallest absolute Gasteiger partial charge is 0.413 e. The van der Waals surface area contributed by atoms with Gasteiger partial charge >= 0.3 is 12.2 Å². The van der Waals surface area contributed by atoms with Crippen LogP contribution in [0.25, 0.3) is 0 Å². The quantitative estimate of drug-likeness (QED) is 0.431. The van der Waals surface area contributed by atoms with E-state index in [9.17, 15) is 9.59 Å². The Kier molecular flexibility index (Phi) is 7.30. The van der Waals surface area contributed by atoms with Crippen molar-refractivity contribution < 1.29 is 23.8 Å². The average Bonchev–Trinajstić information content (AvgIpc) is 3.40. The number of carbonyl (C=O) groups excluding carboxylic acids is 2. The van der Waals surface area contributed by atoms with Crippen molar-refractivity contribution in [1.82, 2.24) is 9.80 Å². The van der Waals surface area contributed by atoms with E-state index >= 15 is 0 Å². The van der Waals surface area contributed by atoms with Crippen molar-refractivity contribution in [2.24, 2.45) is 0 Å². The van der Waals surface area contributed by atoms with Gasteiger partial charge in [-0.3, -0.25) is 9.80 Å². The summed E-state index contributed by atoms with van der Waals surface area (Å²) >= 11 is 0. The van der Waals surface area contributed by atoms with E-state index < -0.39 is 17.4 Å². The number of benzene rings is 2. The SMILES string of the molecule is Cc1ccc(C(C)(C)N2CC(CCOC3CN(C(C)(C)c4ccc(C)c(C)c4)C(=O)O3)OC2=O)cc1C. The van der Waals surface area contributed by atoms with Crippen molar-refractivity contribution in [3.05, 3.63) is 69.8 Å². The van der Waals surface area contributed by atoms with Crippen LogP contribution in [0.4, 0.5) is 9.59 Å².